The lowest BCUT2D eigenvalue weighted by Crippen LogP contribution is -2.16. The summed E-state index contributed by atoms with van der Waals surface area (Å²) >= 11 is 7.18. The summed E-state index contributed by atoms with van der Waals surface area (Å²) in [6, 6.07) is 2.84. The van der Waals surface area contributed by atoms with E-state index in [1.165, 1.54) is 17.8 Å². The third-order valence-corrected chi connectivity index (χ3v) is 3.28. The van der Waals surface area contributed by atoms with E-state index in [4.69, 9.17) is 17.3 Å². The van der Waals surface area contributed by atoms with Crippen LogP contribution < -0.4 is 11.3 Å². The minimum absolute atomic E-state index is 0.160. The fraction of sp³-hybridized carbons (Fsp3) is 0.333. The molecule has 0 spiro atoms. The summed E-state index contributed by atoms with van der Waals surface area (Å²) in [6.07, 6.45) is 0. The zero-order valence-corrected chi connectivity index (χ0v) is 12.8. The van der Waals surface area contributed by atoms with Crippen LogP contribution in [0.5, 0.6) is 0 Å². The van der Waals surface area contributed by atoms with E-state index in [0.29, 0.717) is 21.2 Å². The molecule has 0 radical (unpaired) electrons. The molecule has 0 aromatic carbocycles. The molecule has 20 heavy (non-hydrogen) atoms. The molecule has 6 nitrogen and oxygen atoms in total. The number of aromatic nitrogens is 4. The zero-order chi connectivity index (χ0) is 14.9. The molecule has 0 unspecified atom stereocenters. The van der Waals surface area contributed by atoms with Crippen molar-refractivity contribution in [3.63, 3.8) is 0 Å². The molecule has 3 N–H and O–H groups in total. The number of rotatable bonds is 2. The van der Waals surface area contributed by atoms with Crippen LogP contribution in [0.2, 0.25) is 5.15 Å². The number of anilines is 1. The number of hydrogen-bond acceptors (Lipinski definition) is 6. The van der Waals surface area contributed by atoms with Gasteiger partial charge in [0.25, 0.3) is 5.56 Å². The topological polar surface area (TPSA) is 97.5 Å². The summed E-state index contributed by atoms with van der Waals surface area (Å²) in [7, 11) is 0. The zero-order valence-electron chi connectivity index (χ0n) is 11.3. The van der Waals surface area contributed by atoms with Gasteiger partial charge >= 0.3 is 0 Å². The van der Waals surface area contributed by atoms with E-state index in [-0.39, 0.29) is 16.8 Å². The van der Waals surface area contributed by atoms with Gasteiger partial charge in [0.15, 0.2) is 5.16 Å². The molecule has 0 bridgehead atoms. The van der Waals surface area contributed by atoms with Gasteiger partial charge in [-0.25, -0.2) is 15.0 Å². The van der Waals surface area contributed by atoms with Crippen molar-refractivity contribution >= 4 is 29.2 Å². The SMILES string of the molecule is CC(C)(C)c1nc(Cl)cc(Sc2nc(N)cc(=O)[nH]2)n1. The predicted octanol–water partition coefficient (Wildman–Crippen LogP) is 2.24. The molecule has 0 aliphatic rings. The van der Waals surface area contributed by atoms with Crippen molar-refractivity contribution in [2.45, 2.75) is 36.4 Å². The second kappa shape index (κ2) is 5.41. The Kier molecular flexibility index (Phi) is 4.01. The number of nitrogens with zero attached hydrogens (tertiary/aromatic N) is 3. The Bertz CT molecular complexity index is 695. The Morgan fingerprint density at radius 2 is 1.95 bits per heavy atom. The summed E-state index contributed by atoms with van der Waals surface area (Å²) < 4.78 is 0. The van der Waals surface area contributed by atoms with Crippen molar-refractivity contribution in [3.05, 3.63) is 33.5 Å². The first-order valence-electron chi connectivity index (χ1n) is 5.84. The van der Waals surface area contributed by atoms with Crippen LogP contribution in [-0.4, -0.2) is 19.9 Å². The first-order valence-corrected chi connectivity index (χ1v) is 7.03. The second-order valence-electron chi connectivity index (χ2n) is 5.18. The van der Waals surface area contributed by atoms with Gasteiger partial charge in [0.2, 0.25) is 0 Å². The van der Waals surface area contributed by atoms with Gasteiger partial charge in [0, 0.05) is 17.5 Å². The molecular weight excluding hydrogens is 298 g/mol. The fourth-order valence-corrected chi connectivity index (χ4v) is 2.44. The first kappa shape index (κ1) is 14.8. The number of nitrogens with one attached hydrogen (secondary N) is 1. The van der Waals surface area contributed by atoms with Crippen LogP contribution in [0, 0.1) is 0 Å². The number of hydrogen-bond donors (Lipinski definition) is 2. The van der Waals surface area contributed by atoms with E-state index in [1.54, 1.807) is 6.07 Å². The first-order chi connectivity index (χ1) is 9.24. The van der Waals surface area contributed by atoms with E-state index < -0.39 is 0 Å². The van der Waals surface area contributed by atoms with Crippen molar-refractivity contribution in [2.24, 2.45) is 0 Å². The number of aromatic amines is 1. The Labute approximate surface area is 125 Å². The van der Waals surface area contributed by atoms with Crippen LogP contribution in [0.4, 0.5) is 5.82 Å². The van der Waals surface area contributed by atoms with Crippen molar-refractivity contribution in [1.82, 2.24) is 19.9 Å². The predicted molar refractivity (Wildman–Crippen MR) is 79.1 cm³/mol. The van der Waals surface area contributed by atoms with Gasteiger partial charge in [-0.05, 0) is 11.8 Å². The van der Waals surface area contributed by atoms with Gasteiger partial charge in [-0.15, -0.1) is 0 Å². The Hall–Kier alpha value is -1.60. The van der Waals surface area contributed by atoms with E-state index in [2.05, 4.69) is 19.9 Å². The number of halogens is 1. The highest BCUT2D eigenvalue weighted by Gasteiger charge is 2.19. The average molecular weight is 312 g/mol. The monoisotopic (exact) mass is 311 g/mol. The normalized spacial score (nSPS) is 11.6. The standard InChI is InChI=1S/C12H14ClN5OS/c1-12(2,3)10-15-6(13)4-9(18-10)20-11-16-7(14)5-8(19)17-11/h4-5H,1-3H3,(H3,14,16,17,19). The Morgan fingerprint density at radius 3 is 2.55 bits per heavy atom. The van der Waals surface area contributed by atoms with E-state index in [9.17, 15) is 4.79 Å². The van der Waals surface area contributed by atoms with Gasteiger partial charge < -0.3 is 10.7 Å². The summed E-state index contributed by atoms with van der Waals surface area (Å²) in [4.78, 5) is 26.6. The van der Waals surface area contributed by atoms with Crippen LogP contribution in [0.25, 0.3) is 0 Å². The Balaban J connectivity index is 2.38. The highest BCUT2D eigenvalue weighted by atomic mass is 35.5. The molecular formula is C12H14ClN5OS. The Morgan fingerprint density at radius 1 is 1.25 bits per heavy atom. The second-order valence-corrected chi connectivity index (χ2v) is 6.58. The molecule has 0 amide bonds. The van der Waals surface area contributed by atoms with Crippen molar-refractivity contribution in [1.29, 1.82) is 0 Å². The molecule has 2 aromatic heterocycles. The van der Waals surface area contributed by atoms with E-state index in [1.807, 2.05) is 20.8 Å². The van der Waals surface area contributed by atoms with Gasteiger partial charge in [-0.1, -0.05) is 32.4 Å². The molecule has 0 fully saturated rings. The largest absolute Gasteiger partial charge is 0.383 e. The lowest BCUT2D eigenvalue weighted by molar-refractivity contribution is 0.538. The third-order valence-electron chi connectivity index (χ3n) is 2.28. The van der Waals surface area contributed by atoms with Crippen LogP contribution in [0.3, 0.4) is 0 Å². The quantitative estimate of drug-likeness (QED) is 0.652. The summed E-state index contributed by atoms with van der Waals surface area (Å²) in [5.41, 5.74) is 5.00. The van der Waals surface area contributed by atoms with Crippen molar-refractivity contribution in [3.8, 4) is 0 Å². The minimum Gasteiger partial charge on any atom is -0.383 e. The number of nitrogens with two attached hydrogens (primary N) is 1. The molecule has 0 atom stereocenters. The average Bonchev–Trinajstić information content (AvgIpc) is 2.25. The van der Waals surface area contributed by atoms with Gasteiger partial charge in [-0.3, -0.25) is 4.79 Å². The lowest BCUT2D eigenvalue weighted by Gasteiger charge is -2.17. The molecule has 0 aliphatic carbocycles. The molecule has 2 rings (SSSR count). The minimum atomic E-state index is -0.309. The molecule has 2 aromatic rings. The molecule has 0 saturated carbocycles. The maximum Gasteiger partial charge on any atom is 0.253 e. The summed E-state index contributed by atoms with van der Waals surface area (Å²) in [5.74, 6) is 0.784. The van der Waals surface area contributed by atoms with Crippen molar-refractivity contribution in [2.75, 3.05) is 5.73 Å². The third kappa shape index (κ3) is 3.71. The van der Waals surface area contributed by atoms with Crippen LogP contribution in [0.15, 0.2) is 27.1 Å². The highest BCUT2D eigenvalue weighted by Crippen LogP contribution is 2.27. The fourth-order valence-electron chi connectivity index (χ4n) is 1.39. The molecule has 106 valence electrons. The molecule has 0 saturated heterocycles. The summed E-state index contributed by atoms with van der Waals surface area (Å²) in [5, 5.41) is 1.31. The van der Waals surface area contributed by atoms with E-state index >= 15 is 0 Å². The van der Waals surface area contributed by atoms with Gasteiger partial charge in [-0.2, -0.15) is 0 Å². The van der Waals surface area contributed by atoms with Crippen LogP contribution >= 0.6 is 23.4 Å². The van der Waals surface area contributed by atoms with Crippen LogP contribution in [0.1, 0.15) is 26.6 Å². The molecule has 2 heterocycles. The maximum atomic E-state index is 11.3. The van der Waals surface area contributed by atoms with Gasteiger partial charge in [0.1, 0.15) is 21.8 Å². The highest BCUT2D eigenvalue weighted by molar-refractivity contribution is 7.99. The van der Waals surface area contributed by atoms with E-state index in [0.717, 1.165) is 0 Å². The van der Waals surface area contributed by atoms with Gasteiger partial charge in [0.05, 0.1) is 0 Å². The smallest absolute Gasteiger partial charge is 0.253 e. The number of H-pyrrole nitrogens is 1. The maximum absolute atomic E-state index is 11.3. The lowest BCUT2D eigenvalue weighted by atomic mass is 9.96. The number of nitrogen functional groups attached to an aromatic ring is 1. The molecule has 8 heteroatoms. The van der Waals surface area contributed by atoms with Crippen molar-refractivity contribution < 1.29 is 0 Å². The van der Waals surface area contributed by atoms with Crippen LogP contribution in [-0.2, 0) is 5.41 Å². The summed E-state index contributed by atoms with van der Waals surface area (Å²) in [6.45, 7) is 5.98. The molecule has 0 aliphatic heterocycles.